The number of nitrogens with zero attached hydrogens (tertiary/aromatic N) is 1. The molecule has 0 unspecified atom stereocenters. The van der Waals surface area contributed by atoms with E-state index < -0.39 is 0 Å². The largest absolute Gasteiger partial charge is 0.366 e. The van der Waals surface area contributed by atoms with Gasteiger partial charge in [-0.1, -0.05) is 26.1 Å². The van der Waals surface area contributed by atoms with E-state index in [2.05, 4.69) is 18.7 Å². The molecule has 1 nitrogen and oxygen atoms in total. The third-order valence-corrected chi connectivity index (χ3v) is 2.47. The molecule has 0 atom stereocenters. The molecule has 0 aliphatic carbocycles. The normalized spacial score (nSPS) is 17.9. The Morgan fingerprint density at radius 2 is 1.91 bits per heavy atom. The predicted octanol–water partition coefficient (Wildman–Crippen LogP) is 2.46. The standard InChI is InChI=1S/C9H17NS/c1-8(2)7-9(11)10-5-3-4-6-10/h8H,3-7H2,1-2H3. The minimum atomic E-state index is 0.711. The van der Waals surface area contributed by atoms with E-state index in [1.165, 1.54) is 30.9 Å². The van der Waals surface area contributed by atoms with Crippen LogP contribution in [0.1, 0.15) is 33.1 Å². The Morgan fingerprint density at radius 3 is 2.36 bits per heavy atom. The van der Waals surface area contributed by atoms with Gasteiger partial charge in [-0.25, -0.2) is 0 Å². The maximum Gasteiger partial charge on any atom is 0.0781 e. The molecular formula is C9H17NS. The lowest BCUT2D eigenvalue weighted by molar-refractivity contribution is 0.501. The van der Waals surface area contributed by atoms with Gasteiger partial charge in [0.2, 0.25) is 0 Å². The summed E-state index contributed by atoms with van der Waals surface area (Å²) in [5, 5.41) is 0. The lowest BCUT2D eigenvalue weighted by Crippen LogP contribution is -2.26. The second-order valence-electron chi connectivity index (χ2n) is 3.69. The molecule has 0 aromatic rings. The van der Waals surface area contributed by atoms with Gasteiger partial charge in [0, 0.05) is 19.5 Å². The van der Waals surface area contributed by atoms with Gasteiger partial charge in [-0.05, 0) is 18.8 Å². The van der Waals surface area contributed by atoms with Crippen molar-refractivity contribution in [2.75, 3.05) is 13.1 Å². The lowest BCUT2D eigenvalue weighted by atomic mass is 10.1. The highest BCUT2D eigenvalue weighted by Gasteiger charge is 2.14. The van der Waals surface area contributed by atoms with E-state index in [0.717, 1.165) is 6.42 Å². The van der Waals surface area contributed by atoms with Gasteiger partial charge in [0.15, 0.2) is 0 Å². The Labute approximate surface area is 74.8 Å². The molecule has 0 amide bonds. The van der Waals surface area contributed by atoms with Crippen molar-refractivity contribution in [2.45, 2.75) is 33.1 Å². The van der Waals surface area contributed by atoms with Crippen LogP contribution < -0.4 is 0 Å². The van der Waals surface area contributed by atoms with E-state index >= 15 is 0 Å². The smallest absolute Gasteiger partial charge is 0.0781 e. The van der Waals surface area contributed by atoms with Gasteiger partial charge in [-0.2, -0.15) is 0 Å². The molecule has 0 bridgehead atoms. The van der Waals surface area contributed by atoms with Gasteiger partial charge in [0.1, 0.15) is 0 Å². The van der Waals surface area contributed by atoms with Crippen molar-refractivity contribution in [2.24, 2.45) is 5.92 Å². The Balaban J connectivity index is 2.28. The molecule has 1 aliphatic rings. The van der Waals surface area contributed by atoms with E-state index in [-0.39, 0.29) is 0 Å². The highest BCUT2D eigenvalue weighted by atomic mass is 32.1. The van der Waals surface area contributed by atoms with Crippen molar-refractivity contribution < 1.29 is 0 Å². The number of hydrogen-bond donors (Lipinski definition) is 0. The molecule has 0 N–H and O–H groups in total. The van der Waals surface area contributed by atoms with Crippen LogP contribution in [-0.4, -0.2) is 23.0 Å². The molecular weight excluding hydrogens is 154 g/mol. The van der Waals surface area contributed by atoms with Gasteiger partial charge in [-0.3, -0.25) is 0 Å². The highest BCUT2D eigenvalue weighted by molar-refractivity contribution is 7.80. The Bertz CT molecular complexity index is 136. The van der Waals surface area contributed by atoms with Gasteiger partial charge in [0.05, 0.1) is 4.99 Å². The predicted molar refractivity (Wildman–Crippen MR) is 52.9 cm³/mol. The van der Waals surface area contributed by atoms with Crippen LogP contribution in [0.4, 0.5) is 0 Å². The number of thiocarbonyl (C=S) groups is 1. The Kier molecular flexibility index (Phi) is 3.31. The summed E-state index contributed by atoms with van der Waals surface area (Å²) >= 11 is 5.32. The summed E-state index contributed by atoms with van der Waals surface area (Å²) < 4.78 is 0. The van der Waals surface area contributed by atoms with Crippen molar-refractivity contribution in [3.8, 4) is 0 Å². The van der Waals surface area contributed by atoms with Crippen molar-refractivity contribution in [3.63, 3.8) is 0 Å². The number of rotatable bonds is 2. The fraction of sp³-hybridized carbons (Fsp3) is 0.889. The van der Waals surface area contributed by atoms with Crippen molar-refractivity contribution in [1.82, 2.24) is 4.90 Å². The van der Waals surface area contributed by atoms with E-state index in [0.29, 0.717) is 5.92 Å². The van der Waals surface area contributed by atoms with E-state index in [4.69, 9.17) is 12.2 Å². The Hall–Kier alpha value is -0.110. The molecule has 1 rings (SSSR count). The fourth-order valence-electron chi connectivity index (χ4n) is 1.44. The first-order valence-corrected chi connectivity index (χ1v) is 4.88. The van der Waals surface area contributed by atoms with Crippen LogP contribution in [0.25, 0.3) is 0 Å². The zero-order valence-corrected chi connectivity index (χ0v) is 8.28. The molecule has 0 radical (unpaired) electrons. The van der Waals surface area contributed by atoms with Crippen LogP contribution in [0, 0.1) is 5.92 Å². The summed E-state index contributed by atoms with van der Waals surface area (Å²) in [4.78, 5) is 3.53. The van der Waals surface area contributed by atoms with Crippen molar-refractivity contribution in [1.29, 1.82) is 0 Å². The molecule has 1 saturated heterocycles. The molecule has 64 valence electrons. The van der Waals surface area contributed by atoms with Crippen LogP contribution in [-0.2, 0) is 0 Å². The number of hydrogen-bond acceptors (Lipinski definition) is 1. The maximum absolute atomic E-state index is 5.32. The molecule has 1 aliphatic heterocycles. The van der Waals surface area contributed by atoms with Crippen molar-refractivity contribution >= 4 is 17.2 Å². The van der Waals surface area contributed by atoms with Gasteiger partial charge < -0.3 is 4.90 Å². The van der Waals surface area contributed by atoms with Crippen molar-refractivity contribution in [3.05, 3.63) is 0 Å². The van der Waals surface area contributed by atoms with Gasteiger partial charge in [0.25, 0.3) is 0 Å². The Morgan fingerprint density at radius 1 is 1.36 bits per heavy atom. The van der Waals surface area contributed by atoms with Gasteiger partial charge in [-0.15, -0.1) is 0 Å². The first-order chi connectivity index (χ1) is 5.20. The minimum absolute atomic E-state index is 0.711. The minimum Gasteiger partial charge on any atom is -0.366 e. The first-order valence-electron chi connectivity index (χ1n) is 4.48. The van der Waals surface area contributed by atoms with E-state index in [1.807, 2.05) is 0 Å². The monoisotopic (exact) mass is 171 g/mol. The van der Waals surface area contributed by atoms with Crippen LogP contribution >= 0.6 is 12.2 Å². The molecule has 0 aromatic heterocycles. The van der Waals surface area contributed by atoms with Gasteiger partial charge >= 0.3 is 0 Å². The average Bonchev–Trinajstić information content (AvgIpc) is 2.35. The quantitative estimate of drug-likeness (QED) is 0.587. The SMILES string of the molecule is CC(C)CC(=S)N1CCCC1. The third-order valence-electron chi connectivity index (χ3n) is 2.04. The number of likely N-dealkylation sites (tertiary alicyclic amines) is 1. The average molecular weight is 171 g/mol. The maximum atomic E-state index is 5.32. The summed E-state index contributed by atoms with van der Waals surface area (Å²) in [5.74, 6) is 0.711. The van der Waals surface area contributed by atoms with Crippen LogP contribution in [0.15, 0.2) is 0 Å². The molecule has 2 heteroatoms. The summed E-state index contributed by atoms with van der Waals surface area (Å²) in [5.41, 5.74) is 0. The highest BCUT2D eigenvalue weighted by Crippen LogP contribution is 2.13. The summed E-state index contributed by atoms with van der Waals surface area (Å²) in [6, 6.07) is 0. The fourth-order valence-corrected chi connectivity index (χ4v) is 1.96. The summed E-state index contributed by atoms with van der Waals surface area (Å²) in [6.07, 6.45) is 3.76. The third kappa shape index (κ3) is 2.78. The lowest BCUT2D eigenvalue weighted by Gasteiger charge is -2.19. The van der Waals surface area contributed by atoms with Crippen LogP contribution in [0.5, 0.6) is 0 Å². The second-order valence-corrected chi connectivity index (χ2v) is 4.16. The van der Waals surface area contributed by atoms with E-state index in [9.17, 15) is 0 Å². The summed E-state index contributed by atoms with van der Waals surface area (Å²) in [7, 11) is 0. The topological polar surface area (TPSA) is 3.24 Å². The zero-order chi connectivity index (χ0) is 8.27. The zero-order valence-electron chi connectivity index (χ0n) is 7.47. The molecule has 1 fully saturated rings. The molecule has 0 aromatic carbocycles. The second kappa shape index (κ2) is 4.05. The molecule has 0 spiro atoms. The summed E-state index contributed by atoms with van der Waals surface area (Å²) in [6.45, 7) is 6.85. The molecule has 0 saturated carbocycles. The molecule has 11 heavy (non-hydrogen) atoms. The van der Waals surface area contributed by atoms with Crippen LogP contribution in [0.3, 0.4) is 0 Å². The first kappa shape index (κ1) is 8.98. The van der Waals surface area contributed by atoms with E-state index in [1.54, 1.807) is 0 Å². The van der Waals surface area contributed by atoms with Crippen LogP contribution in [0.2, 0.25) is 0 Å². The molecule has 1 heterocycles.